The predicted molar refractivity (Wildman–Crippen MR) is 54.6 cm³/mol. The van der Waals surface area contributed by atoms with Gasteiger partial charge in [0.15, 0.2) is 0 Å². The molecule has 1 aliphatic rings. The van der Waals surface area contributed by atoms with E-state index in [0.717, 1.165) is 12.8 Å². The summed E-state index contributed by atoms with van der Waals surface area (Å²) >= 11 is 5.49. The van der Waals surface area contributed by atoms with Crippen LogP contribution in [0.4, 0.5) is 0 Å². The van der Waals surface area contributed by atoms with Crippen LogP contribution in [0, 0.1) is 5.92 Å². The Hall–Kier alpha value is -0.500. The molecule has 0 heterocycles. The van der Waals surface area contributed by atoms with Gasteiger partial charge in [-0.05, 0) is 18.8 Å². The summed E-state index contributed by atoms with van der Waals surface area (Å²) in [5, 5.41) is 2.99. The van der Waals surface area contributed by atoms with Crippen molar-refractivity contribution in [2.75, 3.05) is 0 Å². The van der Waals surface area contributed by atoms with Gasteiger partial charge in [0, 0.05) is 6.04 Å². The Bertz CT molecular complexity index is 215. The molecule has 1 amide bonds. The van der Waals surface area contributed by atoms with E-state index in [0.29, 0.717) is 12.0 Å². The molecule has 1 aliphatic carbocycles. The van der Waals surface area contributed by atoms with Crippen LogP contribution < -0.4 is 5.32 Å². The SMILES string of the molecule is C=C(Cl)C(=O)NC1CCCC1CC. The molecule has 0 bridgehead atoms. The molecule has 1 fully saturated rings. The molecule has 1 saturated carbocycles. The number of carbonyl (C=O) groups is 1. The zero-order valence-corrected chi connectivity index (χ0v) is 8.73. The van der Waals surface area contributed by atoms with Crippen molar-refractivity contribution >= 4 is 17.5 Å². The van der Waals surface area contributed by atoms with E-state index >= 15 is 0 Å². The predicted octanol–water partition coefficient (Wildman–Crippen LogP) is 2.43. The van der Waals surface area contributed by atoms with Crippen LogP contribution in [0.5, 0.6) is 0 Å². The first-order valence-corrected chi connectivity index (χ1v) is 5.18. The molecular weight excluding hydrogens is 186 g/mol. The molecule has 0 aliphatic heterocycles. The van der Waals surface area contributed by atoms with Gasteiger partial charge in [-0.2, -0.15) is 0 Å². The fourth-order valence-corrected chi connectivity index (χ4v) is 2.02. The largest absolute Gasteiger partial charge is 0.348 e. The van der Waals surface area contributed by atoms with Crippen LogP contribution in [0.2, 0.25) is 0 Å². The van der Waals surface area contributed by atoms with E-state index in [1.54, 1.807) is 0 Å². The van der Waals surface area contributed by atoms with E-state index in [9.17, 15) is 4.79 Å². The van der Waals surface area contributed by atoms with Crippen molar-refractivity contribution in [1.82, 2.24) is 5.32 Å². The van der Waals surface area contributed by atoms with Crippen molar-refractivity contribution < 1.29 is 4.79 Å². The van der Waals surface area contributed by atoms with Crippen LogP contribution in [0.1, 0.15) is 32.6 Å². The lowest BCUT2D eigenvalue weighted by molar-refractivity contribution is -0.117. The summed E-state index contributed by atoms with van der Waals surface area (Å²) in [6.07, 6.45) is 4.63. The van der Waals surface area contributed by atoms with Gasteiger partial charge >= 0.3 is 0 Å². The standard InChI is InChI=1S/C10H16ClNO/c1-3-8-5-4-6-9(8)12-10(13)7(2)11/h8-9H,2-6H2,1H3,(H,12,13). The average Bonchev–Trinajstić information content (AvgIpc) is 2.51. The third kappa shape index (κ3) is 2.73. The second kappa shape index (κ2) is 4.66. The number of carbonyl (C=O) groups excluding carboxylic acids is 1. The van der Waals surface area contributed by atoms with Crippen molar-refractivity contribution in [2.45, 2.75) is 38.6 Å². The highest BCUT2D eigenvalue weighted by Crippen LogP contribution is 2.28. The average molecular weight is 202 g/mol. The molecule has 0 spiro atoms. The number of halogens is 1. The van der Waals surface area contributed by atoms with Crippen LogP contribution in [0.15, 0.2) is 11.6 Å². The molecule has 1 N–H and O–H groups in total. The Labute approximate surface area is 84.3 Å². The maximum Gasteiger partial charge on any atom is 0.262 e. The zero-order valence-electron chi connectivity index (χ0n) is 7.98. The smallest absolute Gasteiger partial charge is 0.262 e. The fourth-order valence-electron chi connectivity index (χ4n) is 1.96. The lowest BCUT2D eigenvalue weighted by Crippen LogP contribution is -2.37. The minimum Gasteiger partial charge on any atom is -0.348 e. The van der Waals surface area contributed by atoms with Crippen molar-refractivity contribution in [2.24, 2.45) is 5.92 Å². The lowest BCUT2D eigenvalue weighted by Gasteiger charge is -2.18. The molecule has 2 atom stereocenters. The van der Waals surface area contributed by atoms with Crippen LogP contribution >= 0.6 is 11.6 Å². The zero-order chi connectivity index (χ0) is 9.84. The minimum atomic E-state index is -0.216. The lowest BCUT2D eigenvalue weighted by atomic mass is 10.0. The van der Waals surface area contributed by atoms with E-state index < -0.39 is 0 Å². The van der Waals surface area contributed by atoms with Crippen LogP contribution in [-0.2, 0) is 4.79 Å². The van der Waals surface area contributed by atoms with Gasteiger partial charge in [0.2, 0.25) is 0 Å². The Morgan fingerprint density at radius 3 is 2.85 bits per heavy atom. The van der Waals surface area contributed by atoms with E-state index in [2.05, 4.69) is 18.8 Å². The molecule has 0 aromatic heterocycles. The van der Waals surface area contributed by atoms with E-state index in [1.165, 1.54) is 12.8 Å². The molecule has 74 valence electrons. The topological polar surface area (TPSA) is 29.1 Å². The number of nitrogens with one attached hydrogen (secondary N) is 1. The van der Waals surface area contributed by atoms with Crippen molar-refractivity contribution in [1.29, 1.82) is 0 Å². The van der Waals surface area contributed by atoms with Crippen molar-refractivity contribution in [3.8, 4) is 0 Å². The van der Waals surface area contributed by atoms with Crippen LogP contribution in [0.3, 0.4) is 0 Å². The maximum absolute atomic E-state index is 11.2. The second-order valence-corrected chi connectivity index (χ2v) is 4.04. The monoisotopic (exact) mass is 201 g/mol. The molecule has 1 rings (SSSR count). The van der Waals surface area contributed by atoms with E-state index in [-0.39, 0.29) is 10.9 Å². The van der Waals surface area contributed by atoms with Crippen molar-refractivity contribution in [3.63, 3.8) is 0 Å². The molecule has 13 heavy (non-hydrogen) atoms. The van der Waals surface area contributed by atoms with Crippen LogP contribution in [0.25, 0.3) is 0 Å². The third-order valence-corrected chi connectivity index (χ3v) is 2.92. The highest BCUT2D eigenvalue weighted by molar-refractivity contribution is 6.41. The van der Waals surface area contributed by atoms with Gasteiger partial charge < -0.3 is 5.32 Å². The number of amides is 1. The van der Waals surface area contributed by atoms with Gasteiger partial charge in [-0.25, -0.2) is 0 Å². The van der Waals surface area contributed by atoms with Gasteiger partial charge in [-0.3, -0.25) is 4.79 Å². The first-order chi connectivity index (χ1) is 6.15. The number of rotatable bonds is 3. The summed E-state index contributed by atoms with van der Waals surface area (Å²) in [4.78, 5) is 11.2. The Morgan fingerprint density at radius 1 is 1.62 bits per heavy atom. The highest BCUT2D eigenvalue weighted by Gasteiger charge is 2.27. The van der Waals surface area contributed by atoms with Gasteiger partial charge in [0.1, 0.15) is 0 Å². The molecule has 0 aromatic rings. The molecular formula is C10H16ClNO. The summed E-state index contributed by atoms with van der Waals surface area (Å²) < 4.78 is 0. The maximum atomic E-state index is 11.2. The summed E-state index contributed by atoms with van der Waals surface area (Å²) in [7, 11) is 0. The van der Waals surface area contributed by atoms with Crippen LogP contribution in [-0.4, -0.2) is 11.9 Å². The molecule has 2 unspecified atom stereocenters. The summed E-state index contributed by atoms with van der Waals surface area (Å²) in [5.74, 6) is 0.409. The van der Waals surface area contributed by atoms with E-state index in [4.69, 9.17) is 11.6 Å². The molecule has 0 saturated heterocycles. The summed E-state index contributed by atoms with van der Waals surface area (Å²) in [6.45, 7) is 5.56. The Morgan fingerprint density at radius 2 is 2.31 bits per heavy atom. The fraction of sp³-hybridized carbons (Fsp3) is 0.700. The summed E-state index contributed by atoms with van der Waals surface area (Å²) in [5.41, 5.74) is 0. The third-order valence-electron chi connectivity index (χ3n) is 2.75. The normalized spacial score (nSPS) is 27.2. The number of hydrogen-bond acceptors (Lipinski definition) is 1. The van der Waals surface area contributed by atoms with Gasteiger partial charge in [0.25, 0.3) is 5.91 Å². The Kier molecular flexibility index (Phi) is 3.79. The molecule has 0 radical (unpaired) electrons. The molecule has 3 heteroatoms. The quantitative estimate of drug-likeness (QED) is 0.699. The van der Waals surface area contributed by atoms with Gasteiger partial charge in [-0.1, -0.05) is 37.9 Å². The Balaban J connectivity index is 2.44. The molecule has 2 nitrogen and oxygen atoms in total. The van der Waals surface area contributed by atoms with Gasteiger partial charge in [-0.15, -0.1) is 0 Å². The van der Waals surface area contributed by atoms with E-state index in [1.807, 2.05) is 0 Å². The van der Waals surface area contributed by atoms with Crippen molar-refractivity contribution in [3.05, 3.63) is 11.6 Å². The first-order valence-electron chi connectivity index (χ1n) is 4.80. The van der Waals surface area contributed by atoms with Gasteiger partial charge in [0.05, 0.1) is 5.03 Å². The second-order valence-electron chi connectivity index (χ2n) is 3.58. The highest BCUT2D eigenvalue weighted by atomic mass is 35.5. The minimum absolute atomic E-state index is 0.0850. The summed E-state index contributed by atoms with van der Waals surface area (Å²) in [6, 6.07) is 0.313. The molecule has 0 aromatic carbocycles. The number of hydrogen-bond donors (Lipinski definition) is 1. The first kappa shape index (κ1) is 10.6.